The van der Waals surface area contributed by atoms with E-state index >= 15 is 0 Å². The normalized spacial score (nSPS) is 16.4. The lowest BCUT2D eigenvalue weighted by Crippen LogP contribution is -2.58. The first kappa shape index (κ1) is 19.3. The van der Waals surface area contributed by atoms with Gasteiger partial charge < -0.3 is 20.6 Å². The smallest absolute Gasteiger partial charge is 0.254 e. The van der Waals surface area contributed by atoms with Crippen molar-refractivity contribution in [3.05, 3.63) is 53.8 Å². The summed E-state index contributed by atoms with van der Waals surface area (Å²) in [5, 5.41) is 14.5. The minimum Gasteiger partial charge on any atom is -0.508 e. The summed E-state index contributed by atoms with van der Waals surface area (Å²) in [6.07, 6.45) is -0.139. The van der Waals surface area contributed by atoms with Gasteiger partial charge in [0, 0.05) is 37.3 Å². The number of nitrogens with one attached hydrogen (secondary N) is 2. The van der Waals surface area contributed by atoms with Gasteiger partial charge in [0.1, 0.15) is 17.6 Å². The molecular formula is C20H20FN3O4. The monoisotopic (exact) mass is 385 g/mol. The molecule has 28 heavy (non-hydrogen) atoms. The molecule has 0 bridgehead atoms. The third-order valence-corrected chi connectivity index (χ3v) is 4.62. The number of phenolic OH excluding ortho intramolecular Hbond substituents is 1. The van der Waals surface area contributed by atoms with Gasteiger partial charge in [-0.25, -0.2) is 4.39 Å². The number of hydrogen-bond acceptors (Lipinski definition) is 4. The predicted molar refractivity (Wildman–Crippen MR) is 100 cm³/mol. The van der Waals surface area contributed by atoms with Gasteiger partial charge in [-0.1, -0.05) is 12.1 Å². The van der Waals surface area contributed by atoms with Gasteiger partial charge in [-0.15, -0.1) is 0 Å². The third-order valence-electron chi connectivity index (χ3n) is 4.62. The molecule has 0 unspecified atom stereocenters. The predicted octanol–water partition coefficient (Wildman–Crippen LogP) is 1.28. The van der Waals surface area contributed by atoms with Gasteiger partial charge in [0.15, 0.2) is 0 Å². The van der Waals surface area contributed by atoms with Gasteiger partial charge in [-0.3, -0.25) is 14.4 Å². The van der Waals surface area contributed by atoms with Crippen molar-refractivity contribution in [1.82, 2.24) is 15.5 Å². The largest absolute Gasteiger partial charge is 0.508 e. The Kier molecular flexibility index (Phi) is 5.58. The van der Waals surface area contributed by atoms with Crippen LogP contribution in [-0.4, -0.2) is 53.9 Å². The Labute approximate surface area is 161 Å². The zero-order valence-electron chi connectivity index (χ0n) is 15.2. The quantitative estimate of drug-likeness (QED) is 0.738. The molecule has 0 aromatic heterocycles. The molecule has 1 heterocycles. The highest BCUT2D eigenvalue weighted by Gasteiger charge is 2.35. The van der Waals surface area contributed by atoms with Gasteiger partial charge in [0.2, 0.25) is 11.8 Å². The van der Waals surface area contributed by atoms with Crippen molar-refractivity contribution in [2.24, 2.45) is 0 Å². The molecule has 2 aromatic rings. The van der Waals surface area contributed by atoms with Gasteiger partial charge in [0.25, 0.3) is 5.91 Å². The van der Waals surface area contributed by atoms with Crippen LogP contribution in [0.25, 0.3) is 11.1 Å². The van der Waals surface area contributed by atoms with E-state index in [-0.39, 0.29) is 41.7 Å². The van der Waals surface area contributed by atoms with Crippen LogP contribution >= 0.6 is 0 Å². The van der Waals surface area contributed by atoms with E-state index < -0.39 is 17.8 Å². The number of aromatic hydroxyl groups is 1. The van der Waals surface area contributed by atoms with Crippen molar-refractivity contribution >= 4 is 17.7 Å². The standard InChI is InChI=1S/C20H20FN3O4/c1-22-18(26)11-17-19(27)23-7-8-24(17)20(28)13-4-2-3-12(9-13)15-6-5-14(25)10-16(15)21/h2-6,9-10,17,25H,7-8,11H2,1H3,(H,22,26)(H,23,27)/t17-/m0/s1. The molecule has 3 amide bonds. The van der Waals surface area contributed by atoms with Crippen LogP contribution in [0.3, 0.4) is 0 Å². The Morgan fingerprint density at radius 1 is 1.29 bits per heavy atom. The first-order valence-corrected chi connectivity index (χ1v) is 8.79. The maximum atomic E-state index is 14.2. The molecule has 1 atom stereocenters. The van der Waals surface area contributed by atoms with E-state index in [1.165, 1.54) is 30.1 Å². The van der Waals surface area contributed by atoms with E-state index in [4.69, 9.17) is 0 Å². The maximum absolute atomic E-state index is 14.2. The van der Waals surface area contributed by atoms with Crippen molar-refractivity contribution in [2.45, 2.75) is 12.5 Å². The number of carbonyl (C=O) groups is 3. The molecule has 1 saturated heterocycles. The highest BCUT2D eigenvalue weighted by atomic mass is 19.1. The first-order valence-electron chi connectivity index (χ1n) is 8.79. The average Bonchev–Trinajstić information content (AvgIpc) is 2.69. The second-order valence-electron chi connectivity index (χ2n) is 6.43. The number of rotatable bonds is 4. The van der Waals surface area contributed by atoms with Crippen LogP contribution in [0.5, 0.6) is 5.75 Å². The van der Waals surface area contributed by atoms with Crippen LogP contribution in [0.15, 0.2) is 42.5 Å². The number of piperazine rings is 1. The molecule has 146 valence electrons. The van der Waals surface area contributed by atoms with E-state index in [9.17, 15) is 23.9 Å². The number of phenols is 1. The number of benzene rings is 2. The molecule has 0 spiro atoms. The minimum atomic E-state index is -0.907. The van der Waals surface area contributed by atoms with Crippen molar-refractivity contribution < 1.29 is 23.9 Å². The Morgan fingerprint density at radius 3 is 2.79 bits per heavy atom. The van der Waals surface area contributed by atoms with Crippen LogP contribution in [0.1, 0.15) is 16.8 Å². The molecule has 1 aliphatic heterocycles. The maximum Gasteiger partial charge on any atom is 0.254 e. The van der Waals surface area contributed by atoms with Crippen molar-refractivity contribution in [1.29, 1.82) is 0 Å². The lowest BCUT2D eigenvalue weighted by Gasteiger charge is -2.34. The Bertz CT molecular complexity index is 931. The molecule has 0 saturated carbocycles. The molecule has 2 aromatic carbocycles. The number of halogens is 1. The molecule has 3 N–H and O–H groups in total. The SMILES string of the molecule is CNC(=O)C[C@H]1C(=O)NCCN1C(=O)c1cccc(-c2ccc(O)cc2F)c1. The van der Waals surface area contributed by atoms with Gasteiger partial charge in [-0.05, 0) is 29.8 Å². The number of nitrogens with zero attached hydrogens (tertiary/aromatic N) is 1. The average molecular weight is 385 g/mol. The van der Waals surface area contributed by atoms with Gasteiger partial charge >= 0.3 is 0 Å². The van der Waals surface area contributed by atoms with E-state index in [2.05, 4.69) is 10.6 Å². The summed E-state index contributed by atoms with van der Waals surface area (Å²) < 4.78 is 14.2. The Balaban J connectivity index is 1.91. The van der Waals surface area contributed by atoms with Crippen LogP contribution in [0.4, 0.5) is 4.39 Å². The fourth-order valence-electron chi connectivity index (χ4n) is 3.16. The molecule has 3 rings (SSSR count). The molecule has 8 heteroatoms. The lowest BCUT2D eigenvalue weighted by atomic mass is 10.0. The molecule has 0 radical (unpaired) electrons. The van der Waals surface area contributed by atoms with Crippen LogP contribution < -0.4 is 10.6 Å². The molecule has 0 aliphatic carbocycles. The fraction of sp³-hybridized carbons (Fsp3) is 0.250. The van der Waals surface area contributed by atoms with E-state index in [0.29, 0.717) is 12.1 Å². The van der Waals surface area contributed by atoms with Crippen LogP contribution in [0, 0.1) is 5.82 Å². The topological polar surface area (TPSA) is 98.7 Å². The fourth-order valence-corrected chi connectivity index (χ4v) is 3.16. The minimum absolute atomic E-state index is 0.139. The Hall–Kier alpha value is -3.42. The zero-order valence-corrected chi connectivity index (χ0v) is 15.2. The second-order valence-corrected chi connectivity index (χ2v) is 6.43. The molecular weight excluding hydrogens is 365 g/mol. The number of carbonyl (C=O) groups excluding carboxylic acids is 3. The van der Waals surface area contributed by atoms with Crippen molar-refractivity contribution in [3.8, 4) is 16.9 Å². The molecule has 1 aliphatic rings. The van der Waals surface area contributed by atoms with Gasteiger partial charge in [-0.2, -0.15) is 0 Å². The summed E-state index contributed by atoms with van der Waals surface area (Å²) in [5.41, 5.74) is 0.986. The lowest BCUT2D eigenvalue weighted by molar-refractivity contribution is -0.132. The Morgan fingerprint density at radius 2 is 2.07 bits per heavy atom. The summed E-state index contributed by atoms with van der Waals surface area (Å²) in [6.45, 7) is 0.561. The third kappa shape index (κ3) is 3.95. The second kappa shape index (κ2) is 8.08. The first-order chi connectivity index (χ1) is 13.4. The molecule has 1 fully saturated rings. The number of hydrogen-bond donors (Lipinski definition) is 3. The summed E-state index contributed by atoms with van der Waals surface area (Å²) >= 11 is 0. The number of amides is 3. The highest BCUT2D eigenvalue weighted by molar-refractivity contribution is 6.00. The summed E-state index contributed by atoms with van der Waals surface area (Å²) in [5.74, 6) is -1.95. The van der Waals surface area contributed by atoms with Crippen LogP contribution in [-0.2, 0) is 9.59 Å². The van der Waals surface area contributed by atoms with Crippen molar-refractivity contribution in [2.75, 3.05) is 20.1 Å². The summed E-state index contributed by atoms with van der Waals surface area (Å²) in [4.78, 5) is 38.3. The zero-order chi connectivity index (χ0) is 20.3. The van der Waals surface area contributed by atoms with Crippen LogP contribution in [0.2, 0.25) is 0 Å². The van der Waals surface area contributed by atoms with E-state index in [1.54, 1.807) is 18.2 Å². The van der Waals surface area contributed by atoms with Gasteiger partial charge in [0.05, 0.1) is 6.42 Å². The summed E-state index contributed by atoms with van der Waals surface area (Å²) in [6, 6.07) is 9.25. The van der Waals surface area contributed by atoms with E-state index in [0.717, 1.165) is 6.07 Å². The molecule has 7 nitrogen and oxygen atoms in total. The van der Waals surface area contributed by atoms with Crippen molar-refractivity contribution in [3.63, 3.8) is 0 Å². The highest BCUT2D eigenvalue weighted by Crippen LogP contribution is 2.27. The van der Waals surface area contributed by atoms with E-state index in [1.807, 2.05) is 0 Å². The summed E-state index contributed by atoms with van der Waals surface area (Å²) in [7, 11) is 1.46.